The van der Waals surface area contributed by atoms with E-state index in [4.69, 9.17) is 0 Å². The normalized spacial score (nSPS) is 10.1. The molecule has 5 heterocycles. The van der Waals surface area contributed by atoms with Gasteiger partial charge in [-0.15, -0.1) is 179 Å². The fourth-order valence-electron chi connectivity index (χ4n) is 10.3. The molecule has 0 saturated heterocycles. The Kier molecular flexibility index (Phi) is 30.8. The molecule has 5 radical (unpaired) electrons. The van der Waals surface area contributed by atoms with Crippen LogP contribution in [0.3, 0.4) is 0 Å². The SMILES string of the molecule is Cc1cc(C)cc(-n2nc(-c3[c-]cccc3)nc2C)c1.Cc1cccc(C)c1-n1nc(-c2[c-]cccc2)nc1C.Cc1ccccc1-n1nc(-c2[c-]cccc2)nc1C.Cc1nc(-c2[c-]cccc2)nn1-c1ccccc1.[Ir].[Ir].[Ir].[Ir].[Ir].[c-]1ccccc1-c1ncn(-c2ccccc2)n1. The Labute approximate surface area is 646 Å². The summed E-state index contributed by atoms with van der Waals surface area (Å²) < 4.78 is 9.29. The molecule has 0 N–H and O–H groups in total. The molecule has 0 saturated carbocycles. The minimum Gasteiger partial charge on any atom is -0.264 e. The molecular formula is C79H68Ir5N15-5. The Bertz CT molecular complexity index is 4800. The van der Waals surface area contributed by atoms with Gasteiger partial charge < -0.3 is 0 Å². The van der Waals surface area contributed by atoms with Gasteiger partial charge in [0.2, 0.25) is 0 Å². The van der Waals surface area contributed by atoms with Crippen LogP contribution in [0, 0.1) is 92.6 Å². The summed E-state index contributed by atoms with van der Waals surface area (Å²) in [5.41, 5.74) is 15.8. The number of para-hydroxylation sites is 4. The molecule has 0 fully saturated rings. The second kappa shape index (κ2) is 38.5. The van der Waals surface area contributed by atoms with Crippen molar-refractivity contribution in [1.82, 2.24) is 73.8 Å². The summed E-state index contributed by atoms with van der Waals surface area (Å²) >= 11 is 0. The van der Waals surface area contributed by atoms with Crippen molar-refractivity contribution in [2.75, 3.05) is 0 Å². The van der Waals surface area contributed by atoms with Gasteiger partial charge in [-0.3, -0.25) is 24.9 Å². The summed E-state index contributed by atoms with van der Waals surface area (Å²) in [6.45, 7) is 18.3. The van der Waals surface area contributed by atoms with Crippen LogP contribution in [0.4, 0.5) is 0 Å². The monoisotopic (exact) mass is 2190 g/mol. The van der Waals surface area contributed by atoms with E-state index in [1.165, 1.54) is 27.8 Å². The molecule has 0 aliphatic rings. The maximum absolute atomic E-state index is 4.65. The Morgan fingerprint density at radius 3 is 1.02 bits per heavy atom. The Morgan fingerprint density at radius 2 is 0.606 bits per heavy atom. The molecule has 15 aromatic rings. The van der Waals surface area contributed by atoms with E-state index < -0.39 is 0 Å². The first kappa shape index (κ1) is 79.1. The van der Waals surface area contributed by atoms with Gasteiger partial charge in [0.1, 0.15) is 29.6 Å². The van der Waals surface area contributed by atoms with Crippen LogP contribution < -0.4 is 0 Å². The van der Waals surface area contributed by atoms with Crippen molar-refractivity contribution in [3.8, 4) is 85.4 Å². The fraction of sp³-hybridized carbons (Fsp3) is 0.114. The minimum absolute atomic E-state index is 0. The molecule has 509 valence electrons. The Morgan fingerprint density at radius 1 is 0.273 bits per heavy atom. The molecule has 0 amide bonds. The number of hydrogen-bond acceptors (Lipinski definition) is 10. The topological polar surface area (TPSA) is 154 Å². The first-order valence-electron chi connectivity index (χ1n) is 30.7. The number of aryl methyl sites for hydroxylation is 9. The predicted molar refractivity (Wildman–Crippen MR) is 371 cm³/mol. The number of nitrogens with zero attached hydrogens (tertiary/aromatic N) is 15. The third kappa shape index (κ3) is 20.6. The summed E-state index contributed by atoms with van der Waals surface area (Å²) in [7, 11) is 0. The van der Waals surface area contributed by atoms with Crippen LogP contribution in [-0.4, -0.2) is 73.8 Å². The third-order valence-corrected chi connectivity index (χ3v) is 14.8. The van der Waals surface area contributed by atoms with E-state index in [1.54, 1.807) is 11.0 Å². The molecule has 0 aliphatic carbocycles. The quantitative estimate of drug-likeness (QED) is 0.121. The largest absolute Gasteiger partial charge is 0.264 e. The van der Waals surface area contributed by atoms with Gasteiger partial charge >= 0.3 is 0 Å². The molecule has 0 atom stereocenters. The van der Waals surface area contributed by atoms with Gasteiger partial charge in [0.05, 0.1) is 57.6 Å². The van der Waals surface area contributed by atoms with Gasteiger partial charge in [0, 0.05) is 101 Å². The van der Waals surface area contributed by atoms with E-state index in [0.29, 0.717) is 29.1 Å². The van der Waals surface area contributed by atoms with Crippen molar-refractivity contribution in [2.24, 2.45) is 0 Å². The first-order valence-corrected chi connectivity index (χ1v) is 30.7. The van der Waals surface area contributed by atoms with Crippen molar-refractivity contribution in [1.29, 1.82) is 0 Å². The van der Waals surface area contributed by atoms with E-state index in [2.05, 4.69) is 164 Å². The van der Waals surface area contributed by atoms with Crippen LogP contribution in [-0.2, 0) is 101 Å². The molecule has 15 nitrogen and oxygen atoms in total. The predicted octanol–water partition coefficient (Wildman–Crippen LogP) is 16.4. The molecule has 99 heavy (non-hydrogen) atoms. The number of hydrogen-bond donors (Lipinski definition) is 0. The van der Waals surface area contributed by atoms with Crippen LogP contribution in [0.1, 0.15) is 51.1 Å². The van der Waals surface area contributed by atoms with Crippen LogP contribution in [0.2, 0.25) is 0 Å². The number of rotatable bonds is 10. The van der Waals surface area contributed by atoms with Gasteiger partial charge in [-0.2, -0.15) is 25.5 Å². The van der Waals surface area contributed by atoms with Gasteiger partial charge in [0.25, 0.3) is 0 Å². The zero-order chi connectivity index (χ0) is 65.3. The van der Waals surface area contributed by atoms with Crippen LogP contribution in [0.5, 0.6) is 0 Å². The van der Waals surface area contributed by atoms with Crippen molar-refractivity contribution >= 4 is 0 Å². The zero-order valence-electron chi connectivity index (χ0n) is 55.5. The second-order valence-corrected chi connectivity index (χ2v) is 22.0. The van der Waals surface area contributed by atoms with Crippen LogP contribution in [0.15, 0.2) is 249 Å². The molecule has 0 aliphatic heterocycles. The molecule has 5 aromatic heterocycles. The average molecular weight is 2190 g/mol. The number of aromatic nitrogens is 15. The molecule has 0 spiro atoms. The molecule has 20 heteroatoms. The average Bonchev–Trinajstić information content (AvgIpc) is 1.66. The van der Waals surface area contributed by atoms with Crippen molar-refractivity contribution in [3.63, 3.8) is 0 Å². The van der Waals surface area contributed by atoms with Gasteiger partial charge in [0.15, 0.2) is 0 Å². The standard InChI is InChI=1S/2C17H16N3.C16H14N3.C15H12N3.C14H10N3.5Ir/c1-12-8-7-9-13(2)16(12)20-14(3)18-17(19-20)15-10-5-4-6-11-15;1-12-9-13(2)11-16(10-12)20-14(3)18-17(19-20)15-7-5-4-6-8-15;1-12-8-6-7-11-15(12)19-13(2)17-16(18-19)14-9-4-3-5-10-14;1-12-16-15(13-8-4-2-5-9-13)17-18(12)14-10-6-3-7-11-14;1-3-7-12(8-4-1)14-15-11-17(16-14)13-9-5-2-6-10-13;;;;;/h4-10H,1-3H3;4-7,9-11H,1-3H3;3-9,11H,1-2H3;2-8,10-11H,1H3;1-7,9-11H;;;;;/q5*-1;;;;;. The van der Waals surface area contributed by atoms with E-state index in [9.17, 15) is 0 Å². The summed E-state index contributed by atoms with van der Waals surface area (Å²) in [5, 5.41) is 22.8. The molecule has 0 unspecified atom stereocenters. The molecular weight excluding hydrogens is 2120 g/mol. The summed E-state index contributed by atoms with van der Waals surface area (Å²) in [5.74, 6) is 7.03. The Hall–Kier alpha value is -8.85. The van der Waals surface area contributed by atoms with Crippen LogP contribution in [0.25, 0.3) is 85.4 Å². The summed E-state index contributed by atoms with van der Waals surface area (Å²) in [4.78, 5) is 22.4. The molecule has 15 rings (SSSR count). The third-order valence-electron chi connectivity index (χ3n) is 14.8. The minimum atomic E-state index is 0. The van der Waals surface area contributed by atoms with Crippen LogP contribution >= 0.6 is 0 Å². The van der Waals surface area contributed by atoms with E-state index in [1.807, 2.05) is 241 Å². The van der Waals surface area contributed by atoms with E-state index in [-0.39, 0.29) is 101 Å². The first-order chi connectivity index (χ1) is 45.8. The summed E-state index contributed by atoms with van der Waals surface area (Å²) in [6, 6.07) is 95.2. The van der Waals surface area contributed by atoms with Crippen molar-refractivity contribution in [3.05, 3.63) is 330 Å². The van der Waals surface area contributed by atoms with Gasteiger partial charge in [-0.05, 0) is 133 Å². The maximum atomic E-state index is 4.65. The second-order valence-electron chi connectivity index (χ2n) is 22.0. The van der Waals surface area contributed by atoms with Crippen molar-refractivity contribution < 1.29 is 101 Å². The fourth-order valence-corrected chi connectivity index (χ4v) is 10.3. The van der Waals surface area contributed by atoms with E-state index in [0.717, 1.165) is 79.6 Å². The number of benzene rings is 10. The van der Waals surface area contributed by atoms with Gasteiger partial charge in [-0.1, -0.05) is 78.9 Å². The summed E-state index contributed by atoms with van der Waals surface area (Å²) in [6.07, 6.45) is 1.71. The Balaban J connectivity index is 0.000000193. The van der Waals surface area contributed by atoms with Crippen molar-refractivity contribution in [2.45, 2.75) is 62.3 Å². The van der Waals surface area contributed by atoms with Gasteiger partial charge in [-0.25, -0.2) is 23.4 Å². The molecule has 0 bridgehead atoms. The maximum Gasteiger partial charge on any atom is 0.118 e. The van der Waals surface area contributed by atoms with E-state index >= 15 is 0 Å². The zero-order valence-corrected chi connectivity index (χ0v) is 67.5. The smallest absolute Gasteiger partial charge is 0.118 e. The molecule has 10 aromatic carbocycles.